The third kappa shape index (κ3) is 9.37. The number of para-hydroxylation sites is 1. The molecule has 2 aromatic rings. The number of likely N-dealkylation sites (N-methyl/N-ethyl adjacent to an activating group) is 1. The number of anilines is 1. The third-order valence-electron chi connectivity index (χ3n) is 10.6. The molecule has 2 atom stereocenters. The van der Waals surface area contributed by atoms with Crippen molar-refractivity contribution in [2.24, 2.45) is 0 Å². The van der Waals surface area contributed by atoms with Crippen LogP contribution in [0.2, 0.25) is 0 Å². The average Bonchev–Trinajstić information content (AvgIpc) is 3.55. The largest absolute Gasteiger partial charge is 0.481 e. The van der Waals surface area contributed by atoms with E-state index in [1.165, 1.54) is 19.2 Å². The number of hydrogen-bond acceptors (Lipinski definition) is 8. The Balaban J connectivity index is 1.65. The van der Waals surface area contributed by atoms with Crippen molar-refractivity contribution < 1.29 is 49.9 Å². The van der Waals surface area contributed by atoms with Gasteiger partial charge in [-0.1, -0.05) is 74.3 Å². The smallest absolute Gasteiger partial charge is 0.303 e. The second-order valence-corrected chi connectivity index (χ2v) is 17.3. The van der Waals surface area contributed by atoms with Crippen LogP contribution >= 0.6 is 0 Å². The number of allylic oxidation sites excluding steroid dienone is 7. The number of carbonyl (C=O) groups is 2. The summed E-state index contributed by atoms with van der Waals surface area (Å²) in [4.78, 5) is 23.9. The van der Waals surface area contributed by atoms with Gasteiger partial charge in [-0.2, -0.15) is 21.4 Å². The van der Waals surface area contributed by atoms with Gasteiger partial charge in [0.05, 0.1) is 17.4 Å². The van der Waals surface area contributed by atoms with Gasteiger partial charge in [-0.25, -0.2) is 0 Å². The fraction of sp³-hybridized carbons (Fsp3) is 0.439. The predicted octanol–water partition coefficient (Wildman–Crippen LogP) is 7.64. The lowest BCUT2D eigenvalue weighted by Crippen LogP contribution is -2.39. The van der Waals surface area contributed by atoms with E-state index in [9.17, 15) is 31.0 Å². The van der Waals surface area contributed by atoms with Crippen LogP contribution < -0.4 is 4.90 Å². The van der Waals surface area contributed by atoms with E-state index in [-0.39, 0.29) is 24.2 Å². The van der Waals surface area contributed by atoms with Crippen molar-refractivity contribution in [3.63, 3.8) is 0 Å². The maximum Gasteiger partial charge on any atom is 0.303 e. The number of benzene rings is 2. The first kappa shape index (κ1) is 43.4. The van der Waals surface area contributed by atoms with E-state index in [0.717, 1.165) is 22.6 Å². The summed E-state index contributed by atoms with van der Waals surface area (Å²) < 4.78 is 67.7. The summed E-state index contributed by atoms with van der Waals surface area (Å²) in [5, 5.41) is 18.2. The van der Waals surface area contributed by atoms with E-state index in [4.69, 9.17) is 14.4 Å². The minimum atomic E-state index is -4.44. The van der Waals surface area contributed by atoms with E-state index in [1.807, 2.05) is 74.2 Å². The van der Waals surface area contributed by atoms with Gasteiger partial charge in [0.2, 0.25) is 5.69 Å². The van der Waals surface area contributed by atoms with E-state index >= 15 is 0 Å². The third-order valence-corrected chi connectivity index (χ3v) is 13.3. The first-order valence-electron chi connectivity index (χ1n) is 18.7. The highest BCUT2D eigenvalue weighted by atomic mass is 32.2. The molecule has 0 aromatic heterocycles. The molecular weight excluding hydrogens is 745 g/mol. The van der Waals surface area contributed by atoms with Crippen LogP contribution in [0.1, 0.15) is 96.1 Å². The highest BCUT2D eigenvalue weighted by Gasteiger charge is 2.56. The van der Waals surface area contributed by atoms with Crippen LogP contribution in [-0.2, 0) is 44.2 Å². The summed E-state index contributed by atoms with van der Waals surface area (Å²) in [5.41, 5.74) is 3.88. The van der Waals surface area contributed by atoms with E-state index in [1.54, 1.807) is 24.3 Å². The second-order valence-electron chi connectivity index (χ2n) is 13.9. The molecule has 55 heavy (non-hydrogen) atoms. The van der Waals surface area contributed by atoms with Crippen LogP contribution in [-0.4, -0.2) is 74.0 Å². The second kappa shape index (κ2) is 18.5. The maximum absolute atomic E-state index is 13.9. The normalized spacial score (nSPS) is 20.7. The van der Waals surface area contributed by atoms with Gasteiger partial charge in [-0.3, -0.25) is 18.3 Å². The number of unbranched alkanes of at least 4 members (excludes halogenated alkanes) is 4. The number of carboxylic acids is 2. The Morgan fingerprint density at radius 2 is 1.44 bits per heavy atom. The van der Waals surface area contributed by atoms with E-state index in [2.05, 4.69) is 4.58 Å². The molecule has 12 nitrogen and oxygen atoms in total. The molecule has 14 heteroatoms. The van der Waals surface area contributed by atoms with Crippen LogP contribution in [0.3, 0.4) is 0 Å². The van der Waals surface area contributed by atoms with Gasteiger partial charge in [0.1, 0.15) is 6.54 Å². The van der Waals surface area contributed by atoms with Gasteiger partial charge < -0.3 is 15.1 Å². The van der Waals surface area contributed by atoms with E-state index < -0.39 is 42.3 Å². The van der Waals surface area contributed by atoms with Gasteiger partial charge in [0.25, 0.3) is 20.2 Å². The highest BCUT2D eigenvalue weighted by Crippen LogP contribution is 2.54. The molecule has 2 aliphatic heterocycles. The fourth-order valence-corrected chi connectivity index (χ4v) is 10.00. The average molecular weight is 798 g/mol. The number of rotatable bonds is 21. The van der Waals surface area contributed by atoms with Gasteiger partial charge in [0, 0.05) is 54.0 Å². The number of carboxylic acid groups (broad SMARTS) is 2. The molecule has 2 aromatic carbocycles. The Morgan fingerprint density at radius 3 is 2.04 bits per heavy atom. The molecule has 0 fully saturated rings. The zero-order chi connectivity index (χ0) is 40.4. The molecule has 2 aliphatic rings. The Morgan fingerprint density at radius 1 is 0.818 bits per heavy atom. The predicted molar refractivity (Wildman–Crippen MR) is 213 cm³/mol. The molecule has 0 saturated carbocycles. The number of fused-ring (bicyclic) bond motifs is 2. The lowest BCUT2D eigenvalue weighted by atomic mass is 9.75. The summed E-state index contributed by atoms with van der Waals surface area (Å²) in [6.45, 7) is 7.10. The molecule has 0 saturated heterocycles. The SMILES string of the molecule is CCN1C(=CC=CC=CC=CC2=[N+](CC)c3ccc(S(=O)(=O)O)cc3C2(C)CCCCCC(=O)O)C(CCCCCC(=O)O)(S(=O)(=O)OC)c2ccccc21. The Kier molecular flexibility index (Phi) is 14.6. The Hall–Kier alpha value is -4.37. The molecule has 3 N–H and O–H groups in total. The van der Waals surface area contributed by atoms with Crippen LogP contribution in [0.15, 0.2) is 95.6 Å². The summed E-state index contributed by atoms with van der Waals surface area (Å²) in [6.07, 6.45) is 17.2. The van der Waals surface area contributed by atoms with Crippen LogP contribution in [0.5, 0.6) is 0 Å². The number of nitrogens with zero attached hydrogens (tertiary/aromatic N) is 2. The minimum absolute atomic E-state index is 0.0133. The molecule has 0 amide bonds. The minimum Gasteiger partial charge on any atom is -0.481 e. The molecule has 2 unspecified atom stereocenters. The van der Waals surface area contributed by atoms with Crippen molar-refractivity contribution >= 4 is 49.3 Å². The molecule has 0 spiro atoms. The monoisotopic (exact) mass is 797 g/mol. The molecule has 0 bridgehead atoms. The fourth-order valence-electron chi connectivity index (χ4n) is 7.93. The van der Waals surface area contributed by atoms with Crippen molar-refractivity contribution in [1.82, 2.24) is 0 Å². The standard InChI is InChI=1S/C41H52N2O10S2/c1-5-42-35-27-26-31(54(48,49)50)30-33(35)40(3,28-18-10-14-24-38(44)45)36(42)22-12-8-7-9-13-23-37-41(55(51,52)53-4,29-19-11-15-25-39(46)47)32-20-16-17-21-34(32)43(37)6-2/h7-9,12-13,16-17,20-23,26-27,30H,5-6,10-11,14-15,18-19,24-25,28-29H2,1-4H3,(H2-,44,45,46,47,48,49,50)/p+1. The van der Waals surface area contributed by atoms with Crippen molar-refractivity contribution in [2.75, 3.05) is 25.1 Å². The van der Waals surface area contributed by atoms with Gasteiger partial charge in [-0.15, -0.1) is 0 Å². The first-order chi connectivity index (χ1) is 26.1. The molecule has 0 aliphatic carbocycles. The van der Waals surface area contributed by atoms with Crippen molar-refractivity contribution in [1.29, 1.82) is 0 Å². The Bertz CT molecular complexity index is 2120. The number of aliphatic carboxylic acids is 2. The topological polar surface area (TPSA) is 179 Å². The summed E-state index contributed by atoms with van der Waals surface area (Å²) >= 11 is 0. The number of hydrogen-bond donors (Lipinski definition) is 3. The molecule has 2 heterocycles. The molecular formula is C41H53N2O10S2+. The van der Waals surface area contributed by atoms with Crippen molar-refractivity contribution in [3.05, 3.63) is 102 Å². The molecule has 298 valence electrons. The van der Waals surface area contributed by atoms with Gasteiger partial charge >= 0.3 is 11.9 Å². The zero-order valence-electron chi connectivity index (χ0n) is 32.0. The van der Waals surface area contributed by atoms with Crippen molar-refractivity contribution in [2.45, 2.75) is 100 Å². The van der Waals surface area contributed by atoms with E-state index in [0.29, 0.717) is 69.3 Å². The lowest BCUT2D eigenvalue weighted by molar-refractivity contribution is -0.433. The summed E-state index contributed by atoms with van der Waals surface area (Å²) in [5.74, 6) is -1.74. The highest BCUT2D eigenvalue weighted by molar-refractivity contribution is 7.88. The summed E-state index contributed by atoms with van der Waals surface area (Å²) in [7, 11) is -7.44. The first-order valence-corrected chi connectivity index (χ1v) is 21.5. The zero-order valence-corrected chi connectivity index (χ0v) is 33.6. The van der Waals surface area contributed by atoms with Crippen LogP contribution in [0.25, 0.3) is 0 Å². The van der Waals surface area contributed by atoms with Crippen molar-refractivity contribution in [3.8, 4) is 0 Å². The summed E-state index contributed by atoms with van der Waals surface area (Å²) in [6, 6.07) is 12.0. The van der Waals surface area contributed by atoms with Crippen LogP contribution in [0, 0.1) is 0 Å². The molecule has 4 rings (SSSR count). The van der Waals surface area contributed by atoms with Gasteiger partial charge in [-0.05, 0) is 70.7 Å². The lowest BCUT2D eigenvalue weighted by Gasteiger charge is -2.32. The van der Waals surface area contributed by atoms with Gasteiger partial charge in [0.15, 0.2) is 10.5 Å². The quantitative estimate of drug-likeness (QED) is 0.0372. The van der Waals surface area contributed by atoms with Crippen LogP contribution in [0.4, 0.5) is 11.4 Å². The Labute approximate surface area is 325 Å². The molecule has 0 radical (unpaired) electrons. The maximum atomic E-state index is 13.9.